The molecule has 1 heterocycles. The predicted molar refractivity (Wildman–Crippen MR) is 78.9 cm³/mol. The van der Waals surface area contributed by atoms with Crippen LogP contribution >= 0.6 is 11.8 Å². The van der Waals surface area contributed by atoms with Crippen molar-refractivity contribution < 1.29 is 4.74 Å². The van der Waals surface area contributed by atoms with Crippen molar-refractivity contribution in [1.82, 2.24) is 9.97 Å². The number of nitrogens with zero attached hydrogens (tertiary/aromatic N) is 2. The zero-order valence-electron chi connectivity index (χ0n) is 11.3. The largest absolute Gasteiger partial charge is 0.490 e. The summed E-state index contributed by atoms with van der Waals surface area (Å²) in [6.07, 6.45) is 5.81. The summed E-state index contributed by atoms with van der Waals surface area (Å²) < 4.78 is 5.38. The minimum absolute atomic E-state index is 0.690. The van der Waals surface area contributed by atoms with Gasteiger partial charge in [0.2, 0.25) is 5.75 Å². The molecule has 2 N–H and O–H groups in total. The highest BCUT2D eigenvalue weighted by atomic mass is 32.2. The summed E-state index contributed by atoms with van der Waals surface area (Å²) in [6, 6.07) is 0. The first-order valence-corrected chi connectivity index (χ1v) is 7.58. The van der Waals surface area contributed by atoms with Gasteiger partial charge in [-0.3, -0.25) is 0 Å². The van der Waals surface area contributed by atoms with E-state index in [9.17, 15) is 0 Å². The molecule has 1 rings (SSSR count). The first-order valence-electron chi connectivity index (χ1n) is 6.19. The van der Waals surface area contributed by atoms with Gasteiger partial charge in [0, 0.05) is 13.1 Å². The van der Waals surface area contributed by atoms with Gasteiger partial charge in [-0.25, -0.2) is 9.97 Å². The second kappa shape index (κ2) is 8.85. The van der Waals surface area contributed by atoms with Gasteiger partial charge in [0.05, 0.1) is 7.11 Å². The molecule has 0 unspecified atom stereocenters. The molecule has 0 bridgehead atoms. The van der Waals surface area contributed by atoms with Crippen LogP contribution in [0, 0.1) is 0 Å². The van der Waals surface area contributed by atoms with Gasteiger partial charge in [-0.1, -0.05) is 6.92 Å². The van der Waals surface area contributed by atoms with Crippen molar-refractivity contribution in [1.29, 1.82) is 0 Å². The number of hydrogen-bond acceptors (Lipinski definition) is 6. The number of methoxy groups -OCH3 is 1. The Hall–Kier alpha value is -1.17. The van der Waals surface area contributed by atoms with Crippen LogP contribution in [0.3, 0.4) is 0 Å². The molecule has 0 radical (unpaired) electrons. The third-order valence-corrected chi connectivity index (χ3v) is 3.06. The molecule has 0 aliphatic heterocycles. The van der Waals surface area contributed by atoms with Crippen molar-refractivity contribution in [2.24, 2.45) is 0 Å². The number of hydrogen-bond donors (Lipinski definition) is 2. The van der Waals surface area contributed by atoms with Crippen LogP contribution in [-0.2, 0) is 0 Å². The highest BCUT2D eigenvalue weighted by Gasteiger charge is 2.10. The molecule has 0 aromatic carbocycles. The molecule has 0 fully saturated rings. The minimum atomic E-state index is 0.690. The number of thioether (sulfide) groups is 1. The maximum Gasteiger partial charge on any atom is 0.204 e. The van der Waals surface area contributed by atoms with Crippen LogP contribution in [0.15, 0.2) is 6.33 Å². The molecule has 18 heavy (non-hydrogen) atoms. The second-order valence-electron chi connectivity index (χ2n) is 3.80. The Morgan fingerprint density at radius 3 is 2.44 bits per heavy atom. The van der Waals surface area contributed by atoms with E-state index in [2.05, 4.69) is 33.8 Å². The summed E-state index contributed by atoms with van der Waals surface area (Å²) >= 11 is 1.84. The standard InChI is InChI=1S/C12H22N4OS/c1-4-6-13-11-10(17-2)12(16-9-15-11)14-7-5-8-18-3/h9H,4-8H2,1-3H3,(H2,13,14,15,16). The molecule has 102 valence electrons. The third kappa shape index (κ3) is 4.60. The van der Waals surface area contributed by atoms with Gasteiger partial charge in [-0.2, -0.15) is 11.8 Å². The van der Waals surface area contributed by atoms with Gasteiger partial charge in [-0.05, 0) is 24.9 Å². The Kier molecular flexibility index (Phi) is 7.32. The van der Waals surface area contributed by atoms with E-state index in [1.165, 1.54) is 0 Å². The number of nitrogens with one attached hydrogen (secondary N) is 2. The Bertz CT molecular complexity index is 349. The van der Waals surface area contributed by atoms with Gasteiger partial charge in [0.25, 0.3) is 0 Å². The first-order chi connectivity index (χ1) is 8.83. The SMILES string of the molecule is CCCNc1ncnc(NCCCSC)c1OC. The van der Waals surface area contributed by atoms with E-state index in [0.29, 0.717) is 5.75 Å². The summed E-state index contributed by atoms with van der Waals surface area (Å²) in [5, 5.41) is 6.52. The second-order valence-corrected chi connectivity index (χ2v) is 4.79. The molecule has 0 amide bonds. The fourth-order valence-corrected chi connectivity index (χ4v) is 1.92. The quantitative estimate of drug-likeness (QED) is 0.672. The monoisotopic (exact) mass is 270 g/mol. The van der Waals surface area contributed by atoms with Gasteiger partial charge in [0.1, 0.15) is 6.33 Å². The summed E-state index contributed by atoms with van der Waals surface area (Å²) in [4.78, 5) is 8.42. The van der Waals surface area contributed by atoms with E-state index in [1.54, 1.807) is 13.4 Å². The van der Waals surface area contributed by atoms with Crippen molar-refractivity contribution >= 4 is 23.4 Å². The Labute approximate surface area is 113 Å². The Morgan fingerprint density at radius 2 is 1.89 bits per heavy atom. The minimum Gasteiger partial charge on any atom is -0.490 e. The van der Waals surface area contributed by atoms with Crippen molar-refractivity contribution in [3.63, 3.8) is 0 Å². The molecule has 1 aromatic rings. The summed E-state index contributed by atoms with van der Waals surface area (Å²) in [5.74, 6) is 3.34. The molecule has 0 atom stereocenters. The number of rotatable bonds is 9. The van der Waals surface area contributed by atoms with Gasteiger partial charge in [0.15, 0.2) is 11.6 Å². The van der Waals surface area contributed by atoms with E-state index in [0.717, 1.165) is 43.3 Å². The third-order valence-electron chi connectivity index (χ3n) is 2.37. The average Bonchev–Trinajstić information content (AvgIpc) is 2.41. The van der Waals surface area contributed by atoms with Crippen LogP contribution in [0.5, 0.6) is 5.75 Å². The molecular formula is C12H22N4OS. The van der Waals surface area contributed by atoms with Crippen LogP contribution in [0.2, 0.25) is 0 Å². The maximum atomic E-state index is 5.38. The lowest BCUT2D eigenvalue weighted by molar-refractivity contribution is 0.414. The Morgan fingerprint density at radius 1 is 1.22 bits per heavy atom. The lowest BCUT2D eigenvalue weighted by Crippen LogP contribution is -2.10. The van der Waals surface area contributed by atoms with Gasteiger partial charge in [-0.15, -0.1) is 0 Å². The van der Waals surface area contributed by atoms with Crippen LogP contribution < -0.4 is 15.4 Å². The molecule has 6 heteroatoms. The molecular weight excluding hydrogens is 248 g/mol. The normalized spacial score (nSPS) is 10.2. The molecule has 0 aliphatic rings. The van der Waals surface area contributed by atoms with Crippen LogP contribution in [-0.4, -0.2) is 42.2 Å². The van der Waals surface area contributed by atoms with Crippen LogP contribution in [0.4, 0.5) is 11.6 Å². The summed E-state index contributed by atoms with van der Waals surface area (Å²) in [6.45, 7) is 3.88. The summed E-state index contributed by atoms with van der Waals surface area (Å²) in [7, 11) is 1.64. The van der Waals surface area contributed by atoms with Crippen LogP contribution in [0.1, 0.15) is 19.8 Å². The molecule has 5 nitrogen and oxygen atoms in total. The molecule has 0 spiro atoms. The van der Waals surface area contributed by atoms with Crippen molar-refractivity contribution in [2.45, 2.75) is 19.8 Å². The number of ether oxygens (including phenoxy) is 1. The molecule has 0 aliphatic carbocycles. The Balaban J connectivity index is 2.65. The number of aromatic nitrogens is 2. The van der Waals surface area contributed by atoms with E-state index < -0.39 is 0 Å². The zero-order valence-corrected chi connectivity index (χ0v) is 12.1. The van der Waals surface area contributed by atoms with E-state index in [4.69, 9.17) is 4.74 Å². The van der Waals surface area contributed by atoms with Gasteiger partial charge < -0.3 is 15.4 Å². The van der Waals surface area contributed by atoms with E-state index in [-0.39, 0.29) is 0 Å². The molecule has 1 aromatic heterocycles. The van der Waals surface area contributed by atoms with E-state index in [1.807, 2.05) is 11.8 Å². The van der Waals surface area contributed by atoms with Crippen molar-refractivity contribution in [3.05, 3.63) is 6.33 Å². The lowest BCUT2D eigenvalue weighted by Gasteiger charge is -2.13. The topological polar surface area (TPSA) is 59.1 Å². The highest BCUT2D eigenvalue weighted by molar-refractivity contribution is 7.98. The predicted octanol–water partition coefficient (Wildman–Crippen LogP) is 2.47. The highest BCUT2D eigenvalue weighted by Crippen LogP contribution is 2.28. The van der Waals surface area contributed by atoms with Crippen LogP contribution in [0.25, 0.3) is 0 Å². The maximum absolute atomic E-state index is 5.38. The molecule has 0 saturated heterocycles. The smallest absolute Gasteiger partial charge is 0.204 e. The van der Waals surface area contributed by atoms with Gasteiger partial charge >= 0.3 is 0 Å². The number of anilines is 2. The first kappa shape index (κ1) is 14.9. The average molecular weight is 270 g/mol. The fourth-order valence-electron chi connectivity index (χ4n) is 1.49. The summed E-state index contributed by atoms with van der Waals surface area (Å²) in [5.41, 5.74) is 0. The van der Waals surface area contributed by atoms with Crippen molar-refractivity contribution in [3.8, 4) is 5.75 Å². The zero-order chi connectivity index (χ0) is 13.2. The lowest BCUT2D eigenvalue weighted by atomic mass is 10.4. The van der Waals surface area contributed by atoms with Crippen molar-refractivity contribution in [2.75, 3.05) is 42.8 Å². The molecule has 0 saturated carbocycles. The van der Waals surface area contributed by atoms with E-state index >= 15 is 0 Å². The fraction of sp³-hybridized carbons (Fsp3) is 0.667.